The third-order valence-corrected chi connectivity index (χ3v) is 7.41. The lowest BCUT2D eigenvalue weighted by atomic mass is 9.99. The van der Waals surface area contributed by atoms with Crippen molar-refractivity contribution in [2.75, 3.05) is 13.1 Å². The predicted octanol–water partition coefficient (Wildman–Crippen LogP) is 5.91. The van der Waals surface area contributed by atoms with Gasteiger partial charge in [0.15, 0.2) is 5.82 Å². The highest BCUT2D eigenvalue weighted by Gasteiger charge is 2.35. The van der Waals surface area contributed by atoms with E-state index in [4.69, 9.17) is 11.6 Å². The summed E-state index contributed by atoms with van der Waals surface area (Å²) in [4.78, 5) is 19.9. The van der Waals surface area contributed by atoms with E-state index in [9.17, 15) is 22.4 Å². The molecule has 0 N–H and O–H groups in total. The second-order valence-electron chi connectivity index (χ2n) is 10.3. The van der Waals surface area contributed by atoms with Crippen molar-refractivity contribution in [1.29, 1.82) is 0 Å². The van der Waals surface area contributed by atoms with Gasteiger partial charge in [0.1, 0.15) is 23.1 Å². The quantitative estimate of drug-likeness (QED) is 0.143. The fraction of sp³-hybridized carbons (Fsp3) is 0.241. The minimum absolute atomic E-state index is 0.00547. The molecule has 0 bridgehead atoms. The van der Waals surface area contributed by atoms with Crippen LogP contribution in [0.2, 0.25) is 5.15 Å². The van der Waals surface area contributed by atoms with Crippen molar-refractivity contribution in [2.45, 2.75) is 26.1 Å². The third-order valence-electron chi connectivity index (χ3n) is 7.22. The Hall–Kier alpha value is -4.29. The van der Waals surface area contributed by atoms with Gasteiger partial charge < -0.3 is 4.57 Å². The van der Waals surface area contributed by atoms with Crippen molar-refractivity contribution >= 4 is 17.1 Å². The summed E-state index contributed by atoms with van der Waals surface area (Å²) < 4.78 is 60.7. The molecular weight excluding hydrogens is 574 g/mol. The van der Waals surface area contributed by atoms with Crippen LogP contribution in [0.25, 0.3) is 33.8 Å². The lowest BCUT2D eigenvalue weighted by molar-refractivity contribution is -0.136. The largest absolute Gasteiger partial charge is 0.418 e. The molecule has 42 heavy (non-hydrogen) atoms. The van der Waals surface area contributed by atoms with E-state index in [0.717, 1.165) is 33.2 Å². The fourth-order valence-electron chi connectivity index (χ4n) is 5.35. The van der Waals surface area contributed by atoms with Crippen LogP contribution in [0.4, 0.5) is 17.6 Å². The number of nitrogens with zero attached hydrogens (tertiary/aromatic N) is 7. The molecular formula is C29H24ClF4N7O. The van der Waals surface area contributed by atoms with Crippen molar-refractivity contribution < 1.29 is 17.6 Å². The minimum atomic E-state index is -4.70. The van der Waals surface area contributed by atoms with Crippen LogP contribution in [0.15, 0.2) is 71.6 Å². The molecule has 0 spiro atoms. The number of pyridine rings is 2. The topological polar surface area (TPSA) is 73.2 Å². The van der Waals surface area contributed by atoms with Crippen LogP contribution < -0.4 is 5.69 Å². The van der Waals surface area contributed by atoms with Crippen molar-refractivity contribution in [2.24, 2.45) is 7.05 Å². The molecule has 0 aliphatic carbocycles. The molecule has 0 atom stereocenters. The average molecular weight is 598 g/mol. The van der Waals surface area contributed by atoms with Gasteiger partial charge in [-0.2, -0.15) is 13.2 Å². The Bertz CT molecular complexity index is 1920. The maximum Gasteiger partial charge on any atom is 0.418 e. The molecule has 0 unspecified atom stereocenters. The zero-order chi connectivity index (χ0) is 29.8. The monoisotopic (exact) mass is 597 g/mol. The molecule has 0 radical (unpaired) electrons. The zero-order valence-electron chi connectivity index (χ0n) is 22.5. The van der Waals surface area contributed by atoms with Crippen LogP contribution >= 0.6 is 11.6 Å². The van der Waals surface area contributed by atoms with Crippen molar-refractivity contribution in [3.63, 3.8) is 0 Å². The van der Waals surface area contributed by atoms with Crippen LogP contribution in [-0.4, -0.2) is 46.7 Å². The Balaban J connectivity index is 1.49. The summed E-state index contributed by atoms with van der Waals surface area (Å²) in [5.41, 5.74) is 0.914. The second kappa shape index (κ2) is 10.5. The summed E-state index contributed by atoms with van der Waals surface area (Å²) in [7, 11) is 1.71. The Morgan fingerprint density at radius 1 is 1.07 bits per heavy atom. The first-order valence-electron chi connectivity index (χ1n) is 13.0. The van der Waals surface area contributed by atoms with Gasteiger partial charge in [0.05, 0.1) is 11.1 Å². The Labute approximate surface area is 242 Å². The SMILES string of the molecule is CC1=CCCN(Cc2cc(C(F)(F)F)c3cn(-c4cc(-c5ccc(F)cc5-c5nncn5C)cc(Cl)n4)c(=O)n3c2)C1. The van der Waals surface area contributed by atoms with E-state index in [-0.39, 0.29) is 23.0 Å². The molecule has 13 heteroatoms. The first-order chi connectivity index (χ1) is 20.0. The first-order valence-corrected chi connectivity index (χ1v) is 13.4. The smallest absolute Gasteiger partial charge is 0.317 e. The van der Waals surface area contributed by atoms with Crippen molar-refractivity contribution in [1.82, 2.24) is 33.6 Å². The highest BCUT2D eigenvalue weighted by atomic mass is 35.5. The molecule has 4 aromatic heterocycles. The van der Waals surface area contributed by atoms with Gasteiger partial charge in [-0.25, -0.2) is 14.2 Å². The summed E-state index contributed by atoms with van der Waals surface area (Å²) in [6.45, 7) is 3.60. The lowest BCUT2D eigenvalue weighted by Crippen LogP contribution is -2.29. The normalized spacial score (nSPS) is 14.5. The van der Waals surface area contributed by atoms with Crippen LogP contribution in [0, 0.1) is 5.82 Å². The molecule has 1 aromatic carbocycles. The minimum Gasteiger partial charge on any atom is -0.317 e. The van der Waals surface area contributed by atoms with Gasteiger partial charge >= 0.3 is 11.9 Å². The van der Waals surface area contributed by atoms with E-state index in [1.54, 1.807) is 11.6 Å². The van der Waals surface area contributed by atoms with Gasteiger partial charge in [-0.1, -0.05) is 29.3 Å². The van der Waals surface area contributed by atoms with Gasteiger partial charge in [0.25, 0.3) is 0 Å². The van der Waals surface area contributed by atoms with Gasteiger partial charge in [-0.15, -0.1) is 10.2 Å². The molecule has 0 amide bonds. The van der Waals surface area contributed by atoms with E-state index in [0.29, 0.717) is 41.2 Å². The fourth-order valence-corrected chi connectivity index (χ4v) is 5.55. The van der Waals surface area contributed by atoms with Gasteiger partial charge in [-0.05, 0) is 60.4 Å². The van der Waals surface area contributed by atoms with E-state index >= 15 is 0 Å². The molecule has 8 nitrogen and oxygen atoms in total. The standard InChI is InChI=1S/C29H24ClF4N7O/c1-17-4-3-7-39(12-17)13-18-8-23(29(32,33)34)24-15-41(28(42)40(24)14-18)26-10-19(9-25(30)36-26)21-6-5-20(31)11-22(21)27-37-35-16-38(27)2/h4-6,8-11,14-16H,3,7,12-13H2,1-2H3. The van der Waals surface area contributed by atoms with Crippen molar-refractivity contribution in [3.8, 4) is 28.3 Å². The molecule has 1 aliphatic rings. The molecule has 1 aliphatic heterocycles. The van der Waals surface area contributed by atoms with Crippen LogP contribution in [0.3, 0.4) is 0 Å². The highest BCUT2D eigenvalue weighted by molar-refractivity contribution is 6.29. The number of hydrogen-bond donors (Lipinski definition) is 0. The highest BCUT2D eigenvalue weighted by Crippen LogP contribution is 2.35. The third kappa shape index (κ3) is 5.23. The molecule has 0 saturated carbocycles. The number of alkyl halides is 3. The molecule has 216 valence electrons. The number of fused-ring (bicyclic) bond motifs is 1. The molecule has 0 saturated heterocycles. The second-order valence-corrected chi connectivity index (χ2v) is 10.7. The number of imidazole rings is 1. The Morgan fingerprint density at radius 2 is 1.88 bits per heavy atom. The van der Waals surface area contributed by atoms with Crippen molar-refractivity contribution in [3.05, 3.63) is 99.3 Å². The number of rotatable bonds is 5. The summed E-state index contributed by atoms with van der Waals surface area (Å²) in [6.07, 6.45) is 2.24. The zero-order valence-corrected chi connectivity index (χ0v) is 23.3. The van der Waals surface area contributed by atoms with Gasteiger partial charge in [0.2, 0.25) is 0 Å². The average Bonchev–Trinajstić information content (AvgIpc) is 3.50. The van der Waals surface area contributed by atoms with Crippen LogP contribution in [0.1, 0.15) is 24.5 Å². The number of aryl methyl sites for hydroxylation is 1. The summed E-state index contributed by atoms with van der Waals surface area (Å²) in [5, 5.41) is 7.92. The first kappa shape index (κ1) is 27.9. The predicted molar refractivity (Wildman–Crippen MR) is 150 cm³/mol. The summed E-state index contributed by atoms with van der Waals surface area (Å²) in [5.74, 6) is -0.114. The Morgan fingerprint density at radius 3 is 2.60 bits per heavy atom. The molecule has 0 fully saturated rings. The summed E-state index contributed by atoms with van der Waals surface area (Å²) in [6, 6.07) is 8.21. The Kier molecular flexibility index (Phi) is 6.98. The van der Waals surface area contributed by atoms with E-state index in [1.807, 2.05) is 11.8 Å². The van der Waals surface area contributed by atoms with Crippen LogP contribution in [0.5, 0.6) is 0 Å². The number of aromatic nitrogens is 6. The molecule has 6 rings (SSSR count). The maximum atomic E-state index is 14.3. The summed E-state index contributed by atoms with van der Waals surface area (Å²) >= 11 is 6.36. The lowest BCUT2D eigenvalue weighted by Gasteiger charge is -2.26. The molecule has 5 aromatic rings. The maximum absolute atomic E-state index is 14.3. The van der Waals surface area contributed by atoms with E-state index in [2.05, 4.69) is 21.3 Å². The number of hydrogen-bond acceptors (Lipinski definition) is 5. The van der Waals surface area contributed by atoms with E-state index < -0.39 is 23.2 Å². The number of halogens is 5. The van der Waals surface area contributed by atoms with Gasteiger partial charge in [-0.3, -0.25) is 13.9 Å². The van der Waals surface area contributed by atoms with Gasteiger partial charge in [0, 0.05) is 44.6 Å². The molecule has 5 heterocycles. The van der Waals surface area contributed by atoms with Crippen LogP contribution in [-0.2, 0) is 19.8 Å². The van der Waals surface area contributed by atoms with E-state index in [1.165, 1.54) is 42.9 Å². The number of benzene rings is 1.